The molecule has 0 bridgehead atoms. The minimum atomic E-state index is -0.236. The van der Waals surface area contributed by atoms with Crippen molar-refractivity contribution >= 4 is 17.5 Å². The van der Waals surface area contributed by atoms with E-state index in [-0.39, 0.29) is 11.1 Å². The lowest BCUT2D eigenvalue weighted by Gasteiger charge is -2.06. The Morgan fingerprint density at radius 3 is 2.88 bits per heavy atom. The summed E-state index contributed by atoms with van der Waals surface area (Å²) in [6.07, 6.45) is 0. The molecule has 5 nitrogen and oxygen atoms in total. The molecule has 1 aromatic rings. The van der Waals surface area contributed by atoms with Gasteiger partial charge in [-0.25, -0.2) is 4.98 Å². The van der Waals surface area contributed by atoms with Crippen LogP contribution in [0.4, 0.5) is 0 Å². The number of hydrogen-bond donors (Lipinski definition) is 1. The summed E-state index contributed by atoms with van der Waals surface area (Å²) in [4.78, 5) is 15.5. The Balaban J connectivity index is 2.71. The van der Waals surface area contributed by atoms with Crippen molar-refractivity contribution in [3.8, 4) is 5.88 Å². The minimum Gasteiger partial charge on any atom is -0.481 e. The molecule has 1 amide bonds. The molecule has 0 saturated carbocycles. The van der Waals surface area contributed by atoms with Gasteiger partial charge in [0, 0.05) is 25.3 Å². The Hall–Kier alpha value is -1.33. The fourth-order valence-electron chi connectivity index (χ4n) is 1.08. The van der Waals surface area contributed by atoms with Crippen molar-refractivity contribution in [2.75, 3.05) is 27.4 Å². The summed E-state index contributed by atoms with van der Waals surface area (Å²) in [5, 5.41) is 2.89. The molecule has 6 heteroatoms. The van der Waals surface area contributed by atoms with Gasteiger partial charge in [0.05, 0.1) is 13.7 Å². The van der Waals surface area contributed by atoms with Crippen LogP contribution in [0.1, 0.15) is 10.4 Å². The Morgan fingerprint density at radius 1 is 1.50 bits per heavy atom. The molecule has 1 heterocycles. The Morgan fingerprint density at radius 2 is 2.25 bits per heavy atom. The van der Waals surface area contributed by atoms with E-state index in [2.05, 4.69) is 10.3 Å². The number of hydrogen-bond acceptors (Lipinski definition) is 4. The van der Waals surface area contributed by atoms with Crippen LogP contribution in [0.25, 0.3) is 0 Å². The van der Waals surface area contributed by atoms with E-state index in [0.717, 1.165) is 0 Å². The lowest BCUT2D eigenvalue weighted by Crippen LogP contribution is -2.27. The highest BCUT2D eigenvalue weighted by Gasteiger charge is 2.08. The Bertz CT molecular complexity index is 371. The molecule has 0 unspecified atom stereocenters. The average Bonchev–Trinajstić information content (AvgIpc) is 2.28. The molecule has 0 radical (unpaired) electrons. The van der Waals surface area contributed by atoms with Gasteiger partial charge < -0.3 is 14.8 Å². The molecule has 16 heavy (non-hydrogen) atoms. The quantitative estimate of drug-likeness (QED) is 0.623. The van der Waals surface area contributed by atoms with Crippen LogP contribution in [0.3, 0.4) is 0 Å². The fourth-order valence-corrected chi connectivity index (χ4v) is 1.28. The number of carbonyl (C=O) groups excluding carboxylic acids is 1. The minimum absolute atomic E-state index is 0.219. The summed E-state index contributed by atoms with van der Waals surface area (Å²) in [6.45, 7) is 0.902. The van der Waals surface area contributed by atoms with Gasteiger partial charge in [0.1, 0.15) is 5.15 Å². The van der Waals surface area contributed by atoms with Crippen LogP contribution in [0.5, 0.6) is 5.88 Å². The van der Waals surface area contributed by atoms with Crippen LogP contribution in [0.15, 0.2) is 12.1 Å². The second-order valence-electron chi connectivity index (χ2n) is 2.97. The maximum absolute atomic E-state index is 11.6. The lowest BCUT2D eigenvalue weighted by molar-refractivity contribution is 0.0936. The van der Waals surface area contributed by atoms with Gasteiger partial charge in [0.2, 0.25) is 5.88 Å². The van der Waals surface area contributed by atoms with E-state index < -0.39 is 0 Å². The van der Waals surface area contributed by atoms with Gasteiger partial charge in [-0.2, -0.15) is 0 Å². The molecular weight excluding hydrogens is 232 g/mol. The highest BCUT2D eigenvalue weighted by molar-refractivity contribution is 6.29. The maximum Gasteiger partial charge on any atom is 0.251 e. The topological polar surface area (TPSA) is 60.5 Å². The summed E-state index contributed by atoms with van der Waals surface area (Å²) in [5.74, 6) is 0.0732. The molecule has 0 spiro atoms. The molecule has 1 aromatic heterocycles. The van der Waals surface area contributed by atoms with Crippen molar-refractivity contribution in [1.82, 2.24) is 10.3 Å². The Kier molecular flexibility index (Phi) is 5.01. The number of pyridine rings is 1. The number of halogens is 1. The number of rotatable bonds is 5. The van der Waals surface area contributed by atoms with Crippen molar-refractivity contribution in [3.63, 3.8) is 0 Å². The zero-order valence-corrected chi connectivity index (χ0v) is 9.87. The van der Waals surface area contributed by atoms with Crippen molar-refractivity contribution in [2.45, 2.75) is 0 Å². The van der Waals surface area contributed by atoms with Gasteiger partial charge in [0.25, 0.3) is 5.91 Å². The molecular formula is C10H13ClN2O3. The predicted octanol–water partition coefficient (Wildman–Crippen LogP) is 1.12. The van der Waals surface area contributed by atoms with Crippen LogP contribution in [-0.2, 0) is 4.74 Å². The molecule has 88 valence electrons. The SMILES string of the molecule is COCCNC(=O)c1cc(Cl)nc(OC)c1. The summed E-state index contributed by atoms with van der Waals surface area (Å²) < 4.78 is 9.73. The van der Waals surface area contributed by atoms with E-state index in [1.165, 1.54) is 19.2 Å². The summed E-state index contributed by atoms with van der Waals surface area (Å²) in [5.41, 5.74) is 0.410. The highest BCUT2D eigenvalue weighted by Crippen LogP contribution is 2.15. The number of methoxy groups -OCH3 is 2. The normalized spacial score (nSPS) is 9.94. The van der Waals surface area contributed by atoms with Gasteiger partial charge in [-0.05, 0) is 6.07 Å². The fraction of sp³-hybridized carbons (Fsp3) is 0.400. The third-order valence-corrected chi connectivity index (χ3v) is 2.03. The highest BCUT2D eigenvalue weighted by atomic mass is 35.5. The zero-order chi connectivity index (χ0) is 12.0. The number of amides is 1. The second-order valence-corrected chi connectivity index (χ2v) is 3.36. The largest absolute Gasteiger partial charge is 0.481 e. The third kappa shape index (κ3) is 3.67. The summed E-state index contributed by atoms with van der Waals surface area (Å²) in [7, 11) is 3.03. The van der Waals surface area contributed by atoms with Crippen molar-refractivity contribution < 1.29 is 14.3 Å². The van der Waals surface area contributed by atoms with E-state index in [9.17, 15) is 4.79 Å². The molecule has 1 N–H and O–H groups in total. The molecule has 0 saturated heterocycles. The lowest BCUT2D eigenvalue weighted by atomic mass is 10.2. The molecule has 1 rings (SSSR count). The van der Waals surface area contributed by atoms with Crippen molar-refractivity contribution in [2.24, 2.45) is 0 Å². The van der Waals surface area contributed by atoms with Crippen LogP contribution < -0.4 is 10.1 Å². The van der Waals surface area contributed by atoms with E-state index in [4.69, 9.17) is 21.1 Å². The number of ether oxygens (including phenoxy) is 2. The smallest absolute Gasteiger partial charge is 0.251 e. The molecule has 0 aliphatic heterocycles. The van der Waals surface area contributed by atoms with Crippen LogP contribution in [0, 0.1) is 0 Å². The molecule has 0 atom stereocenters. The molecule has 0 aliphatic carbocycles. The second kappa shape index (κ2) is 6.30. The first-order chi connectivity index (χ1) is 7.67. The number of carbonyl (C=O) groups is 1. The van der Waals surface area contributed by atoms with Crippen LogP contribution in [0.2, 0.25) is 5.15 Å². The first kappa shape index (κ1) is 12.7. The maximum atomic E-state index is 11.6. The predicted molar refractivity (Wildman–Crippen MR) is 60.0 cm³/mol. The van der Waals surface area contributed by atoms with Crippen molar-refractivity contribution in [3.05, 3.63) is 22.8 Å². The van der Waals surface area contributed by atoms with Crippen LogP contribution in [-0.4, -0.2) is 38.3 Å². The van der Waals surface area contributed by atoms with Gasteiger partial charge in [-0.3, -0.25) is 4.79 Å². The van der Waals surface area contributed by atoms with Gasteiger partial charge in [-0.15, -0.1) is 0 Å². The number of nitrogens with zero attached hydrogens (tertiary/aromatic N) is 1. The van der Waals surface area contributed by atoms with E-state index >= 15 is 0 Å². The summed E-state index contributed by atoms with van der Waals surface area (Å²) >= 11 is 5.74. The van der Waals surface area contributed by atoms with E-state index in [0.29, 0.717) is 24.6 Å². The standard InChI is InChI=1S/C10H13ClN2O3/c1-15-4-3-12-10(14)7-5-8(11)13-9(6-7)16-2/h5-6H,3-4H2,1-2H3,(H,12,14). The van der Waals surface area contributed by atoms with E-state index in [1.54, 1.807) is 7.11 Å². The van der Waals surface area contributed by atoms with Gasteiger partial charge in [-0.1, -0.05) is 11.6 Å². The average molecular weight is 245 g/mol. The third-order valence-electron chi connectivity index (χ3n) is 1.83. The van der Waals surface area contributed by atoms with Crippen molar-refractivity contribution in [1.29, 1.82) is 0 Å². The number of aromatic nitrogens is 1. The molecule has 0 fully saturated rings. The van der Waals surface area contributed by atoms with E-state index in [1.807, 2.05) is 0 Å². The first-order valence-electron chi connectivity index (χ1n) is 4.66. The monoisotopic (exact) mass is 244 g/mol. The molecule has 0 aromatic carbocycles. The molecule has 0 aliphatic rings. The first-order valence-corrected chi connectivity index (χ1v) is 5.04. The van der Waals surface area contributed by atoms with Crippen LogP contribution >= 0.6 is 11.6 Å². The Labute approximate surface area is 98.7 Å². The summed E-state index contributed by atoms with van der Waals surface area (Å²) in [6, 6.07) is 3.00. The zero-order valence-electron chi connectivity index (χ0n) is 9.12. The van der Waals surface area contributed by atoms with Gasteiger partial charge in [0.15, 0.2) is 0 Å². The van der Waals surface area contributed by atoms with Gasteiger partial charge >= 0.3 is 0 Å². The number of nitrogens with one attached hydrogen (secondary N) is 1.